The van der Waals surface area contributed by atoms with E-state index in [0.29, 0.717) is 18.5 Å². The lowest BCUT2D eigenvalue weighted by atomic mass is 9.98. The lowest BCUT2D eigenvalue weighted by molar-refractivity contribution is -0.142. The average Bonchev–Trinajstić information content (AvgIpc) is 3.16. The third-order valence-corrected chi connectivity index (χ3v) is 7.23. The third kappa shape index (κ3) is 7.19. The van der Waals surface area contributed by atoms with Crippen LogP contribution in [0.3, 0.4) is 0 Å². The first-order valence-corrected chi connectivity index (χ1v) is 13.7. The van der Waals surface area contributed by atoms with Crippen molar-refractivity contribution >= 4 is 11.8 Å². The van der Waals surface area contributed by atoms with Gasteiger partial charge in [-0.25, -0.2) is 4.79 Å². The monoisotopic (exact) mass is 588 g/mol. The first-order chi connectivity index (χ1) is 19.8. The number of alkyl halides is 3. The normalized spacial score (nSPS) is 16.1. The number of aromatic nitrogens is 3. The van der Waals surface area contributed by atoms with E-state index in [1.807, 2.05) is 30.3 Å². The topological polar surface area (TPSA) is 135 Å². The summed E-state index contributed by atoms with van der Waals surface area (Å²) in [7, 11) is 0. The van der Waals surface area contributed by atoms with Gasteiger partial charge in [-0.3, -0.25) is 23.7 Å². The van der Waals surface area contributed by atoms with Gasteiger partial charge in [0.25, 0.3) is 0 Å². The third-order valence-electron chi connectivity index (χ3n) is 7.23. The summed E-state index contributed by atoms with van der Waals surface area (Å²) in [6.45, 7) is 1.18. The fourth-order valence-corrected chi connectivity index (χ4v) is 5.12. The first kappa shape index (κ1) is 30.8. The Hall–Kier alpha value is -4.13. The van der Waals surface area contributed by atoms with Crippen molar-refractivity contribution in [1.29, 1.82) is 0 Å². The Kier molecular flexibility index (Phi) is 9.09. The van der Waals surface area contributed by atoms with Crippen molar-refractivity contribution in [3.8, 4) is 5.88 Å². The summed E-state index contributed by atoms with van der Waals surface area (Å²) < 4.78 is 41.2. The fraction of sp³-hybridized carbons (Fsp3) is 0.448. The molecule has 13 heteroatoms. The van der Waals surface area contributed by atoms with Crippen molar-refractivity contribution in [2.45, 2.75) is 76.4 Å². The van der Waals surface area contributed by atoms with Crippen LogP contribution >= 0.6 is 0 Å². The van der Waals surface area contributed by atoms with E-state index in [0.717, 1.165) is 10.1 Å². The van der Waals surface area contributed by atoms with Gasteiger partial charge >= 0.3 is 11.9 Å². The van der Waals surface area contributed by atoms with Gasteiger partial charge in [-0.2, -0.15) is 13.2 Å². The highest BCUT2D eigenvalue weighted by atomic mass is 19.4. The molecule has 2 aromatic heterocycles. The van der Waals surface area contributed by atoms with E-state index < -0.39 is 53.7 Å². The number of fused-ring (bicyclic) bond motifs is 1. The minimum Gasteiger partial charge on any atom is -0.493 e. The van der Waals surface area contributed by atoms with Crippen LogP contribution in [0.15, 0.2) is 59.5 Å². The molecule has 1 aliphatic rings. The number of halogens is 3. The maximum Gasteiger partial charge on any atom is 0.406 e. The Morgan fingerprint density at radius 1 is 1.12 bits per heavy atom. The molecule has 1 aliphatic heterocycles. The smallest absolute Gasteiger partial charge is 0.406 e. The van der Waals surface area contributed by atoms with Crippen LogP contribution in [-0.4, -0.2) is 60.2 Å². The Bertz CT molecular complexity index is 1450. The van der Waals surface area contributed by atoms with Gasteiger partial charge in [0.05, 0.1) is 11.6 Å². The maximum atomic E-state index is 14.1. The molecule has 3 heterocycles. The van der Waals surface area contributed by atoms with Crippen molar-refractivity contribution in [3.05, 3.63) is 82.2 Å². The molecule has 3 aromatic rings. The van der Waals surface area contributed by atoms with Crippen molar-refractivity contribution in [3.63, 3.8) is 0 Å². The van der Waals surface area contributed by atoms with Crippen LogP contribution < -0.4 is 16.7 Å². The summed E-state index contributed by atoms with van der Waals surface area (Å²) in [5.74, 6) is -1.90. The van der Waals surface area contributed by atoms with Crippen molar-refractivity contribution in [2.75, 3.05) is 6.54 Å². The highest BCUT2D eigenvalue weighted by molar-refractivity contribution is 5.91. The van der Waals surface area contributed by atoms with Crippen LogP contribution in [0.5, 0.6) is 5.88 Å². The summed E-state index contributed by atoms with van der Waals surface area (Å²) in [6.07, 6.45) is -1.76. The van der Waals surface area contributed by atoms with Crippen LogP contribution in [-0.2, 0) is 35.5 Å². The Morgan fingerprint density at radius 2 is 1.81 bits per heavy atom. The van der Waals surface area contributed by atoms with Crippen LogP contribution in [0.1, 0.15) is 49.7 Å². The average molecular weight is 589 g/mol. The minimum absolute atomic E-state index is 0.0165. The summed E-state index contributed by atoms with van der Waals surface area (Å²) in [5.41, 5.74) is 5.15. The number of pyridine rings is 1. The van der Waals surface area contributed by atoms with E-state index in [1.54, 1.807) is 18.2 Å². The zero-order chi connectivity index (χ0) is 30.7. The number of amides is 2. The lowest BCUT2D eigenvalue weighted by Crippen LogP contribution is -2.58. The van der Waals surface area contributed by atoms with E-state index >= 15 is 0 Å². The first-order valence-electron chi connectivity index (χ1n) is 13.7. The molecule has 0 fully saturated rings. The number of imidazole rings is 1. The second-order valence-corrected chi connectivity index (χ2v) is 11.0. The minimum atomic E-state index is -4.76. The van der Waals surface area contributed by atoms with Gasteiger partial charge in [0.2, 0.25) is 17.7 Å². The highest BCUT2D eigenvalue weighted by Crippen LogP contribution is 2.35. The Balaban J connectivity index is 1.69. The van der Waals surface area contributed by atoms with Gasteiger partial charge in [-0.15, -0.1) is 0 Å². The number of nitrogens with two attached hydrogens (primary N) is 1. The number of hydrogen-bond donors (Lipinski definition) is 3. The fourth-order valence-electron chi connectivity index (χ4n) is 5.12. The number of nitrogens with zero attached hydrogens (tertiary/aromatic N) is 4. The number of aryl methyl sites for hydroxylation is 1. The molecule has 4 rings (SSSR count). The summed E-state index contributed by atoms with van der Waals surface area (Å²) in [4.78, 5) is 45.6. The van der Waals surface area contributed by atoms with Gasteiger partial charge in [-0.05, 0) is 50.8 Å². The van der Waals surface area contributed by atoms with Gasteiger partial charge in [0.15, 0.2) is 0 Å². The molecule has 0 bridgehead atoms. The number of aromatic hydroxyl groups is 1. The Labute approximate surface area is 241 Å². The molecule has 0 saturated heterocycles. The van der Waals surface area contributed by atoms with Gasteiger partial charge in [-0.1, -0.05) is 36.4 Å². The lowest BCUT2D eigenvalue weighted by Gasteiger charge is -2.38. The molecule has 0 unspecified atom stereocenters. The zero-order valence-electron chi connectivity index (χ0n) is 23.5. The molecule has 42 heavy (non-hydrogen) atoms. The highest BCUT2D eigenvalue weighted by Gasteiger charge is 2.41. The molecule has 226 valence electrons. The van der Waals surface area contributed by atoms with Crippen molar-refractivity contribution in [2.24, 2.45) is 5.73 Å². The van der Waals surface area contributed by atoms with Gasteiger partial charge in [0.1, 0.15) is 18.3 Å². The molecule has 2 amide bonds. The number of rotatable bonds is 10. The van der Waals surface area contributed by atoms with Crippen LogP contribution in [0.2, 0.25) is 0 Å². The van der Waals surface area contributed by atoms with E-state index in [-0.39, 0.29) is 36.2 Å². The van der Waals surface area contributed by atoms with E-state index in [9.17, 15) is 32.7 Å². The molecule has 0 spiro atoms. The van der Waals surface area contributed by atoms with Crippen LogP contribution in [0, 0.1) is 0 Å². The van der Waals surface area contributed by atoms with Crippen LogP contribution in [0.4, 0.5) is 13.2 Å². The molecule has 4 N–H and O–H groups in total. The number of hydrogen-bond acceptors (Lipinski definition) is 6. The Morgan fingerprint density at radius 3 is 2.43 bits per heavy atom. The van der Waals surface area contributed by atoms with E-state index in [2.05, 4.69) is 10.3 Å². The zero-order valence-corrected chi connectivity index (χ0v) is 23.5. The molecular weight excluding hydrogens is 553 g/mol. The molecule has 0 aliphatic carbocycles. The number of carbonyl (C=O) groups excluding carboxylic acids is 2. The standard InChI is InChI=1S/C29H35F3N6O4/c1-28(2,33)26(41)35-21(13-8-11-19-9-4-3-5-10-19)24(39)36-15-16-37-23(22(36)17-20-12-6-7-14-34-20)25(40)38(27(37)42)18-29(30,31)32/h3-7,9-10,12,14,21-22,40H,8,11,13,15-18,33H2,1-2H3,(H,35,41)/t21-,22-/m1/s1. The second-order valence-electron chi connectivity index (χ2n) is 11.0. The molecule has 0 saturated carbocycles. The SMILES string of the molecule is CC(C)(N)C(=O)N[C@H](CCCc1ccccc1)C(=O)N1CCn2c(c(O)n(CC(F)(F)F)c2=O)[C@H]1Cc1ccccn1. The number of benzene rings is 1. The van der Waals surface area contributed by atoms with E-state index in [4.69, 9.17) is 5.73 Å². The molecule has 10 nitrogen and oxygen atoms in total. The van der Waals surface area contributed by atoms with Gasteiger partial charge in [0, 0.05) is 31.4 Å². The number of nitrogens with one attached hydrogen (secondary N) is 1. The summed E-state index contributed by atoms with van der Waals surface area (Å²) >= 11 is 0. The predicted molar refractivity (Wildman–Crippen MR) is 148 cm³/mol. The molecular formula is C29H35F3N6O4. The summed E-state index contributed by atoms with van der Waals surface area (Å²) in [6, 6.07) is 12.7. The largest absolute Gasteiger partial charge is 0.493 e. The molecule has 2 atom stereocenters. The van der Waals surface area contributed by atoms with Crippen molar-refractivity contribution < 1.29 is 27.9 Å². The van der Waals surface area contributed by atoms with Gasteiger partial charge < -0.3 is 21.1 Å². The quantitative estimate of drug-likeness (QED) is 0.333. The predicted octanol–water partition coefficient (Wildman–Crippen LogP) is 2.68. The van der Waals surface area contributed by atoms with Crippen molar-refractivity contribution in [1.82, 2.24) is 24.3 Å². The van der Waals surface area contributed by atoms with E-state index in [1.165, 1.54) is 24.9 Å². The molecule has 1 aromatic carbocycles. The summed E-state index contributed by atoms with van der Waals surface area (Å²) in [5, 5.41) is 13.7. The second kappa shape index (κ2) is 12.4. The number of carbonyl (C=O) groups is 2. The molecule has 0 radical (unpaired) electrons. The van der Waals surface area contributed by atoms with Crippen LogP contribution in [0.25, 0.3) is 0 Å². The maximum absolute atomic E-state index is 14.1.